The molecule has 0 amide bonds. The van der Waals surface area contributed by atoms with Crippen molar-refractivity contribution in [2.45, 2.75) is 44.4 Å². The van der Waals surface area contributed by atoms with Gasteiger partial charge in [0.05, 0.1) is 6.10 Å². The van der Waals surface area contributed by atoms with Gasteiger partial charge >= 0.3 is 0 Å². The molecule has 1 aliphatic carbocycles. The molecule has 0 bridgehead atoms. The molecule has 2 aliphatic rings. The number of thiophene rings is 1. The normalized spacial score (nSPS) is 33.9. The topological polar surface area (TPSA) is 21.3 Å². The van der Waals surface area contributed by atoms with Crippen LogP contribution in [0.5, 0.6) is 0 Å². The van der Waals surface area contributed by atoms with Gasteiger partial charge in [-0.05, 0) is 37.1 Å². The molecule has 1 aromatic rings. The standard InChI is InChI=1S/C13H19NOS/c1-4-12(11-6-7-15-13(11)5-1)14-9-10-3-2-8-16-10/h2-3,8,11-14H,1,4-7,9H2. The van der Waals surface area contributed by atoms with Crippen LogP contribution in [-0.4, -0.2) is 18.8 Å². The summed E-state index contributed by atoms with van der Waals surface area (Å²) in [5, 5.41) is 5.88. The van der Waals surface area contributed by atoms with E-state index >= 15 is 0 Å². The van der Waals surface area contributed by atoms with Crippen LogP contribution >= 0.6 is 11.3 Å². The average molecular weight is 237 g/mol. The lowest BCUT2D eigenvalue weighted by atomic mass is 9.82. The molecule has 2 nitrogen and oxygen atoms in total. The van der Waals surface area contributed by atoms with Crippen LogP contribution in [0.15, 0.2) is 17.5 Å². The summed E-state index contributed by atoms with van der Waals surface area (Å²) in [6.45, 7) is 2.01. The van der Waals surface area contributed by atoms with E-state index in [1.807, 2.05) is 11.3 Å². The Bertz CT molecular complexity index is 325. The Hall–Kier alpha value is -0.380. The lowest BCUT2D eigenvalue weighted by molar-refractivity contribution is 0.0530. The molecule has 0 aromatic carbocycles. The fourth-order valence-electron chi connectivity index (χ4n) is 3.07. The molecule has 1 saturated heterocycles. The average Bonchev–Trinajstić information content (AvgIpc) is 2.97. The molecule has 3 unspecified atom stereocenters. The van der Waals surface area contributed by atoms with Crippen molar-refractivity contribution in [2.24, 2.45) is 5.92 Å². The van der Waals surface area contributed by atoms with Crippen molar-refractivity contribution in [2.75, 3.05) is 6.61 Å². The Morgan fingerprint density at radius 1 is 1.38 bits per heavy atom. The molecule has 1 aliphatic heterocycles. The number of hydrogen-bond acceptors (Lipinski definition) is 3. The van der Waals surface area contributed by atoms with Crippen molar-refractivity contribution in [1.29, 1.82) is 0 Å². The molecule has 88 valence electrons. The Balaban J connectivity index is 1.57. The van der Waals surface area contributed by atoms with E-state index in [-0.39, 0.29) is 0 Å². The van der Waals surface area contributed by atoms with Crippen LogP contribution < -0.4 is 5.32 Å². The van der Waals surface area contributed by atoms with Gasteiger partial charge in [0.15, 0.2) is 0 Å². The number of hydrogen-bond donors (Lipinski definition) is 1. The highest BCUT2D eigenvalue weighted by Crippen LogP contribution is 2.34. The summed E-state index contributed by atoms with van der Waals surface area (Å²) in [6.07, 6.45) is 5.74. The first-order valence-electron chi connectivity index (χ1n) is 6.31. The Morgan fingerprint density at radius 3 is 3.25 bits per heavy atom. The third-order valence-corrected chi connectivity index (χ3v) is 4.78. The van der Waals surface area contributed by atoms with Crippen LogP contribution in [0.4, 0.5) is 0 Å². The van der Waals surface area contributed by atoms with Gasteiger partial charge in [-0.2, -0.15) is 0 Å². The van der Waals surface area contributed by atoms with E-state index in [2.05, 4.69) is 22.8 Å². The molecule has 3 rings (SSSR count). The zero-order valence-corrected chi connectivity index (χ0v) is 10.3. The summed E-state index contributed by atoms with van der Waals surface area (Å²) in [4.78, 5) is 1.45. The van der Waals surface area contributed by atoms with Gasteiger partial charge in [-0.15, -0.1) is 11.3 Å². The lowest BCUT2D eigenvalue weighted by Gasteiger charge is -2.33. The van der Waals surface area contributed by atoms with Crippen LogP contribution in [0.25, 0.3) is 0 Å². The van der Waals surface area contributed by atoms with Crippen molar-refractivity contribution in [1.82, 2.24) is 5.32 Å². The zero-order chi connectivity index (χ0) is 10.8. The number of rotatable bonds is 3. The van der Waals surface area contributed by atoms with Gasteiger partial charge in [-0.25, -0.2) is 0 Å². The summed E-state index contributed by atoms with van der Waals surface area (Å²) in [7, 11) is 0. The molecule has 1 aromatic heterocycles. The fourth-order valence-corrected chi connectivity index (χ4v) is 3.73. The zero-order valence-electron chi connectivity index (χ0n) is 9.52. The molecule has 16 heavy (non-hydrogen) atoms. The lowest BCUT2D eigenvalue weighted by Crippen LogP contribution is -2.42. The Kier molecular flexibility index (Phi) is 3.27. The van der Waals surface area contributed by atoms with Crippen LogP contribution in [0.2, 0.25) is 0 Å². The number of ether oxygens (including phenoxy) is 1. The molecule has 1 N–H and O–H groups in total. The van der Waals surface area contributed by atoms with Crippen molar-refractivity contribution < 1.29 is 4.74 Å². The van der Waals surface area contributed by atoms with E-state index in [1.165, 1.54) is 30.6 Å². The monoisotopic (exact) mass is 237 g/mol. The summed E-state index contributed by atoms with van der Waals surface area (Å²) >= 11 is 1.84. The van der Waals surface area contributed by atoms with E-state index in [4.69, 9.17) is 4.74 Å². The predicted molar refractivity (Wildman–Crippen MR) is 66.6 cm³/mol. The second-order valence-corrected chi connectivity index (χ2v) is 5.89. The SMILES string of the molecule is c1csc(CNC2CCCC3OCCC23)c1. The van der Waals surface area contributed by atoms with Crippen LogP contribution in [-0.2, 0) is 11.3 Å². The second-order valence-electron chi connectivity index (χ2n) is 4.86. The highest BCUT2D eigenvalue weighted by Gasteiger charge is 2.37. The van der Waals surface area contributed by atoms with E-state index in [1.54, 1.807) is 0 Å². The molecule has 1 saturated carbocycles. The van der Waals surface area contributed by atoms with E-state index < -0.39 is 0 Å². The maximum atomic E-state index is 5.79. The van der Waals surface area contributed by atoms with Crippen molar-refractivity contribution in [3.05, 3.63) is 22.4 Å². The first-order chi connectivity index (χ1) is 7.93. The minimum Gasteiger partial charge on any atom is -0.378 e. The molecule has 2 heterocycles. The molecular formula is C13H19NOS. The van der Waals surface area contributed by atoms with Gasteiger partial charge < -0.3 is 10.1 Å². The number of fused-ring (bicyclic) bond motifs is 1. The van der Waals surface area contributed by atoms with Crippen molar-refractivity contribution >= 4 is 11.3 Å². The molecule has 0 spiro atoms. The predicted octanol–water partition coefficient (Wildman–Crippen LogP) is 2.80. The minimum atomic E-state index is 0.551. The van der Waals surface area contributed by atoms with Crippen LogP contribution in [0.3, 0.4) is 0 Å². The maximum Gasteiger partial charge on any atom is 0.0619 e. The number of nitrogens with one attached hydrogen (secondary N) is 1. The van der Waals surface area contributed by atoms with Crippen LogP contribution in [0, 0.1) is 5.92 Å². The van der Waals surface area contributed by atoms with E-state index in [0.717, 1.165) is 19.1 Å². The second kappa shape index (κ2) is 4.86. The van der Waals surface area contributed by atoms with E-state index in [9.17, 15) is 0 Å². The summed E-state index contributed by atoms with van der Waals surface area (Å²) < 4.78 is 5.79. The Labute approximate surface area is 101 Å². The smallest absolute Gasteiger partial charge is 0.0619 e. The molecule has 3 heteroatoms. The fraction of sp³-hybridized carbons (Fsp3) is 0.692. The van der Waals surface area contributed by atoms with Crippen LogP contribution in [0.1, 0.15) is 30.6 Å². The van der Waals surface area contributed by atoms with Gasteiger partial charge in [0.25, 0.3) is 0 Å². The first kappa shape index (κ1) is 10.8. The van der Waals surface area contributed by atoms with Gasteiger partial charge in [0.1, 0.15) is 0 Å². The van der Waals surface area contributed by atoms with Gasteiger partial charge in [-0.1, -0.05) is 6.07 Å². The summed E-state index contributed by atoms with van der Waals surface area (Å²) in [6, 6.07) is 5.02. The Morgan fingerprint density at radius 2 is 2.38 bits per heavy atom. The van der Waals surface area contributed by atoms with Crippen molar-refractivity contribution in [3.63, 3.8) is 0 Å². The molecule has 0 radical (unpaired) electrons. The third kappa shape index (κ3) is 2.17. The third-order valence-electron chi connectivity index (χ3n) is 3.90. The minimum absolute atomic E-state index is 0.551. The highest BCUT2D eigenvalue weighted by atomic mass is 32.1. The molecular weight excluding hydrogens is 218 g/mol. The quantitative estimate of drug-likeness (QED) is 0.873. The van der Waals surface area contributed by atoms with Gasteiger partial charge in [0, 0.05) is 30.0 Å². The van der Waals surface area contributed by atoms with Crippen molar-refractivity contribution in [3.8, 4) is 0 Å². The largest absolute Gasteiger partial charge is 0.378 e. The maximum absolute atomic E-state index is 5.79. The summed E-state index contributed by atoms with van der Waals surface area (Å²) in [5.41, 5.74) is 0. The molecule has 3 atom stereocenters. The highest BCUT2D eigenvalue weighted by molar-refractivity contribution is 7.09. The van der Waals surface area contributed by atoms with Gasteiger partial charge in [0.2, 0.25) is 0 Å². The van der Waals surface area contributed by atoms with Gasteiger partial charge in [-0.3, -0.25) is 0 Å². The summed E-state index contributed by atoms with van der Waals surface area (Å²) in [5.74, 6) is 0.772. The molecule has 2 fully saturated rings. The van der Waals surface area contributed by atoms with E-state index in [0.29, 0.717) is 12.1 Å². The first-order valence-corrected chi connectivity index (χ1v) is 7.19.